The third-order valence-corrected chi connectivity index (χ3v) is 2.65. The van der Waals surface area contributed by atoms with Crippen LogP contribution in [0, 0.1) is 12.3 Å². The van der Waals surface area contributed by atoms with Crippen LogP contribution >= 0.6 is 0 Å². The van der Waals surface area contributed by atoms with Gasteiger partial charge in [0.25, 0.3) is 0 Å². The van der Waals surface area contributed by atoms with Gasteiger partial charge in [-0.05, 0) is 25.7 Å². The Balaban J connectivity index is 2.40. The van der Waals surface area contributed by atoms with Crippen molar-refractivity contribution < 1.29 is 19.4 Å². The number of carbonyl (C=O) groups excluding carboxylic acids is 1. The molecule has 0 aromatic carbocycles. The minimum Gasteiger partial charge on any atom is -0.480 e. The first-order valence-electron chi connectivity index (χ1n) is 5.73. The van der Waals surface area contributed by atoms with Crippen LogP contribution in [0.3, 0.4) is 0 Å². The van der Waals surface area contributed by atoms with E-state index in [1.54, 1.807) is 0 Å². The van der Waals surface area contributed by atoms with Crippen LogP contribution in [0.5, 0.6) is 0 Å². The lowest BCUT2D eigenvalue weighted by molar-refractivity contribution is -0.143. The van der Waals surface area contributed by atoms with Crippen molar-refractivity contribution in [2.45, 2.75) is 44.2 Å². The van der Waals surface area contributed by atoms with Crippen molar-refractivity contribution in [3.8, 4) is 12.3 Å². The second-order valence-electron chi connectivity index (χ2n) is 4.00. The molecule has 0 aliphatic carbocycles. The number of carboxylic acid groups (broad SMARTS) is 1. The first-order valence-corrected chi connectivity index (χ1v) is 5.73. The zero-order valence-electron chi connectivity index (χ0n) is 9.65. The molecule has 0 unspecified atom stereocenters. The molecule has 0 radical (unpaired) electrons. The maximum atomic E-state index is 11.7. The molecule has 1 saturated heterocycles. The van der Waals surface area contributed by atoms with Crippen molar-refractivity contribution in [2.24, 2.45) is 0 Å². The number of ether oxygens (including phenoxy) is 1. The number of nitrogens with one attached hydrogen (secondary N) is 1. The molecule has 0 saturated carbocycles. The highest BCUT2D eigenvalue weighted by Gasteiger charge is 2.27. The van der Waals surface area contributed by atoms with Gasteiger partial charge in [-0.15, -0.1) is 12.3 Å². The Morgan fingerprint density at radius 1 is 1.59 bits per heavy atom. The summed E-state index contributed by atoms with van der Waals surface area (Å²) < 4.78 is 5.18. The van der Waals surface area contributed by atoms with E-state index in [1.807, 2.05) is 0 Å². The smallest absolute Gasteiger partial charge is 0.326 e. The number of aliphatic carboxylic acids is 1. The Labute approximate surface area is 101 Å². The van der Waals surface area contributed by atoms with Gasteiger partial charge in [-0.25, -0.2) is 4.79 Å². The van der Waals surface area contributed by atoms with E-state index in [4.69, 9.17) is 16.3 Å². The van der Waals surface area contributed by atoms with E-state index in [0.717, 1.165) is 6.42 Å². The first-order chi connectivity index (χ1) is 8.15. The Kier molecular flexibility index (Phi) is 5.50. The predicted octanol–water partition coefficient (Wildman–Crippen LogP) is 0.538. The normalized spacial score (nSPS) is 20.5. The highest BCUT2D eigenvalue weighted by molar-refractivity contribution is 5.86. The molecular formula is C12H17NO4. The maximum absolute atomic E-state index is 11.7. The molecule has 5 nitrogen and oxygen atoms in total. The molecule has 2 N–H and O–H groups in total. The molecule has 1 aliphatic heterocycles. The lowest BCUT2D eigenvalue weighted by Gasteiger charge is -2.16. The molecule has 0 bridgehead atoms. The lowest BCUT2D eigenvalue weighted by Crippen LogP contribution is -2.45. The molecule has 5 heteroatoms. The summed E-state index contributed by atoms with van der Waals surface area (Å²) in [5, 5.41) is 11.4. The Morgan fingerprint density at radius 3 is 2.88 bits per heavy atom. The van der Waals surface area contributed by atoms with Crippen LogP contribution in [-0.4, -0.2) is 35.7 Å². The van der Waals surface area contributed by atoms with E-state index in [9.17, 15) is 9.59 Å². The van der Waals surface area contributed by atoms with Crippen LogP contribution in [0.4, 0.5) is 0 Å². The van der Waals surface area contributed by atoms with Crippen LogP contribution < -0.4 is 5.32 Å². The van der Waals surface area contributed by atoms with Gasteiger partial charge in [0, 0.05) is 13.0 Å². The summed E-state index contributed by atoms with van der Waals surface area (Å²) in [6.45, 7) is 0.562. The van der Waals surface area contributed by atoms with E-state index in [0.29, 0.717) is 32.3 Å². The molecule has 2 atom stereocenters. The molecule has 1 fully saturated rings. The summed E-state index contributed by atoms with van der Waals surface area (Å²) in [6, 6.07) is -0.875. The standard InChI is InChI=1S/C12H17NO4/c1-2-3-4-6-9(12(15)16)13-11(14)10-7-5-8-17-10/h1,9-10H,3-8H2,(H,13,14)(H,15,16)/t9-,10-/m1/s1. The van der Waals surface area contributed by atoms with Gasteiger partial charge in [0.05, 0.1) is 0 Å². The average Bonchev–Trinajstić information content (AvgIpc) is 2.81. The molecule has 1 rings (SSSR count). The van der Waals surface area contributed by atoms with Gasteiger partial charge in [-0.3, -0.25) is 4.79 Å². The number of terminal acetylenes is 1. The number of rotatable bonds is 6. The Hall–Kier alpha value is -1.54. The van der Waals surface area contributed by atoms with Crippen LogP contribution in [0.25, 0.3) is 0 Å². The number of unbranched alkanes of at least 4 members (excludes halogenated alkanes) is 1. The van der Waals surface area contributed by atoms with Crippen LogP contribution in [0.2, 0.25) is 0 Å². The number of carboxylic acids is 1. The third kappa shape index (κ3) is 4.45. The van der Waals surface area contributed by atoms with Crippen molar-refractivity contribution in [1.82, 2.24) is 5.32 Å². The predicted molar refractivity (Wildman–Crippen MR) is 61.2 cm³/mol. The average molecular weight is 239 g/mol. The number of amides is 1. The highest BCUT2D eigenvalue weighted by atomic mass is 16.5. The topological polar surface area (TPSA) is 75.6 Å². The quantitative estimate of drug-likeness (QED) is 0.524. The third-order valence-electron chi connectivity index (χ3n) is 2.65. The largest absolute Gasteiger partial charge is 0.480 e. The fourth-order valence-electron chi connectivity index (χ4n) is 1.71. The molecule has 17 heavy (non-hydrogen) atoms. The zero-order chi connectivity index (χ0) is 12.7. The lowest BCUT2D eigenvalue weighted by atomic mass is 10.1. The SMILES string of the molecule is C#CCCC[C@@H](NC(=O)[C@H]1CCCO1)C(=O)O. The van der Waals surface area contributed by atoms with E-state index >= 15 is 0 Å². The van der Waals surface area contributed by atoms with Crippen molar-refractivity contribution in [3.63, 3.8) is 0 Å². The van der Waals surface area contributed by atoms with E-state index < -0.39 is 18.1 Å². The highest BCUT2D eigenvalue weighted by Crippen LogP contribution is 2.12. The van der Waals surface area contributed by atoms with Crippen molar-refractivity contribution in [1.29, 1.82) is 0 Å². The van der Waals surface area contributed by atoms with Gasteiger partial charge in [-0.1, -0.05) is 0 Å². The summed E-state index contributed by atoms with van der Waals surface area (Å²) >= 11 is 0. The first kappa shape index (κ1) is 13.5. The van der Waals surface area contributed by atoms with Crippen molar-refractivity contribution >= 4 is 11.9 Å². The molecule has 1 heterocycles. The van der Waals surface area contributed by atoms with Gasteiger partial charge in [0.2, 0.25) is 5.91 Å². The van der Waals surface area contributed by atoms with Gasteiger partial charge in [0.1, 0.15) is 12.1 Å². The Bertz CT molecular complexity index is 315. The summed E-state index contributed by atoms with van der Waals surface area (Å²) in [7, 11) is 0. The van der Waals surface area contributed by atoms with Crippen molar-refractivity contribution in [2.75, 3.05) is 6.61 Å². The van der Waals surface area contributed by atoms with E-state index in [-0.39, 0.29) is 5.91 Å². The maximum Gasteiger partial charge on any atom is 0.326 e. The molecule has 94 valence electrons. The molecule has 1 aliphatic rings. The van der Waals surface area contributed by atoms with Gasteiger partial charge >= 0.3 is 5.97 Å². The number of hydrogen-bond acceptors (Lipinski definition) is 3. The summed E-state index contributed by atoms with van der Waals surface area (Å²) in [4.78, 5) is 22.6. The van der Waals surface area contributed by atoms with E-state index in [1.165, 1.54) is 0 Å². The minimum absolute atomic E-state index is 0.337. The number of hydrogen-bond donors (Lipinski definition) is 2. The van der Waals surface area contributed by atoms with Gasteiger partial charge in [0.15, 0.2) is 0 Å². The Morgan fingerprint density at radius 2 is 2.35 bits per heavy atom. The molecule has 0 spiro atoms. The fraction of sp³-hybridized carbons (Fsp3) is 0.667. The van der Waals surface area contributed by atoms with Gasteiger partial charge in [-0.2, -0.15) is 0 Å². The molecule has 1 amide bonds. The second kappa shape index (κ2) is 6.92. The molecule has 0 aromatic heterocycles. The fourth-order valence-corrected chi connectivity index (χ4v) is 1.71. The monoisotopic (exact) mass is 239 g/mol. The minimum atomic E-state index is -1.03. The zero-order valence-corrected chi connectivity index (χ0v) is 9.65. The number of carbonyl (C=O) groups is 2. The van der Waals surface area contributed by atoms with Crippen LogP contribution in [0.1, 0.15) is 32.1 Å². The summed E-state index contributed by atoms with van der Waals surface area (Å²) in [6.07, 6.45) is 7.53. The van der Waals surface area contributed by atoms with Gasteiger partial charge < -0.3 is 15.2 Å². The molecular weight excluding hydrogens is 222 g/mol. The summed E-state index contributed by atoms with van der Waals surface area (Å²) in [5.41, 5.74) is 0. The molecule has 0 aromatic rings. The van der Waals surface area contributed by atoms with E-state index in [2.05, 4.69) is 11.2 Å². The van der Waals surface area contributed by atoms with Crippen molar-refractivity contribution in [3.05, 3.63) is 0 Å². The second-order valence-corrected chi connectivity index (χ2v) is 4.00. The van der Waals surface area contributed by atoms with Crippen LogP contribution in [-0.2, 0) is 14.3 Å². The summed E-state index contributed by atoms with van der Waals surface area (Å²) in [5.74, 6) is 1.07. The van der Waals surface area contributed by atoms with Crippen LogP contribution in [0.15, 0.2) is 0 Å².